The van der Waals surface area contributed by atoms with Gasteiger partial charge in [-0.25, -0.2) is 9.78 Å². The molecule has 0 fully saturated rings. The van der Waals surface area contributed by atoms with Gasteiger partial charge in [0.05, 0.1) is 5.39 Å². The van der Waals surface area contributed by atoms with E-state index in [4.69, 9.17) is 12.3 Å². The lowest BCUT2D eigenvalue weighted by atomic mass is 9.98. The molecule has 0 aromatic carbocycles. The van der Waals surface area contributed by atoms with Gasteiger partial charge in [0.25, 0.3) is 0 Å². The minimum absolute atomic E-state index is 0.0676. The van der Waals surface area contributed by atoms with E-state index in [1.807, 2.05) is 6.26 Å². The smallest absolute Gasteiger partial charge is 0.330 e. The van der Waals surface area contributed by atoms with Gasteiger partial charge in [-0.15, -0.1) is 0 Å². The Morgan fingerprint density at radius 2 is 2.36 bits per heavy atom. The molecular weight excluding hydrogens is 199 g/mol. The van der Waals surface area contributed by atoms with Crippen LogP contribution < -0.4 is 11.1 Å². The molecule has 2 aromatic heterocycles. The van der Waals surface area contributed by atoms with E-state index in [1.165, 1.54) is 17.8 Å². The van der Waals surface area contributed by atoms with Gasteiger partial charge in [-0.3, -0.25) is 0 Å². The molecule has 0 spiro atoms. The summed E-state index contributed by atoms with van der Waals surface area (Å²) in [7, 11) is 5.39. The van der Waals surface area contributed by atoms with Gasteiger partial charge in [0.15, 0.2) is 5.16 Å². The normalized spacial score (nSPS) is 10.6. The standard InChI is InChI=1S/C8H5BN2O2S/c1-14-8-10-3-4-2-5(9)7(12)13-6(4)11-8/h2-3H,1H3. The molecule has 0 bridgehead atoms. The molecule has 0 N–H and O–H groups in total. The molecule has 68 valence electrons. The summed E-state index contributed by atoms with van der Waals surface area (Å²) in [6.45, 7) is 0. The van der Waals surface area contributed by atoms with E-state index in [-0.39, 0.29) is 11.2 Å². The molecule has 2 aromatic rings. The third-order valence-electron chi connectivity index (χ3n) is 1.68. The summed E-state index contributed by atoms with van der Waals surface area (Å²) in [4.78, 5) is 19.1. The molecule has 2 heterocycles. The van der Waals surface area contributed by atoms with Crippen LogP contribution in [-0.4, -0.2) is 24.1 Å². The number of thioether (sulfide) groups is 1. The lowest BCUT2D eigenvalue weighted by Crippen LogP contribution is -2.23. The second kappa shape index (κ2) is 3.45. The molecule has 2 radical (unpaired) electrons. The molecule has 0 atom stereocenters. The van der Waals surface area contributed by atoms with Crippen LogP contribution in [0.2, 0.25) is 0 Å². The molecule has 0 saturated carbocycles. The molecule has 0 aliphatic rings. The molecule has 0 amide bonds. The predicted molar refractivity (Wildman–Crippen MR) is 55.2 cm³/mol. The van der Waals surface area contributed by atoms with Gasteiger partial charge >= 0.3 is 5.63 Å². The zero-order chi connectivity index (χ0) is 10.1. The Bertz CT molecular complexity index is 540. The first kappa shape index (κ1) is 9.27. The van der Waals surface area contributed by atoms with E-state index in [9.17, 15) is 4.79 Å². The van der Waals surface area contributed by atoms with Gasteiger partial charge < -0.3 is 4.42 Å². The van der Waals surface area contributed by atoms with E-state index in [0.717, 1.165) is 0 Å². The van der Waals surface area contributed by atoms with Crippen LogP contribution >= 0.6 is 11.8 Å². The minimum atomic E-state index is -0.566. The van der Waals surface area contributed by atoms with Crippen molar-refractivity contribution in [3.05, 3.63) is 22.7 Å². The highest BCUT2D eigenvalue weighted by molar-refractivity contribution is 7.98. The lowest BCUT2D eigenvalue weighted by molar-refractivity contribution is 0.549. The molecule has 6 heteroatoms. The summed E-state index contributed by atoms with van der Waals surface area (Å²) in [6.07, 6.45) is 3.42. The van der Waals surface area contributed by atoms with Crippen LogP contribution in [0, 0.1) is 0 Å². The van der Waals surface area contributed by atoms with Crippen molar-refractivity contribution in [3.8, 4) is 0 Å². The maximum atomic E-state index is 11.1. The van der Waals surface area contributed by atoms with Gasteiger partial charge in [-0.1, -0.05) is 11.8 Å². The average molecular weight is 204 g/mol. The van der Waals surface area contributed by atoms with Crippen molar-refractivity contribution in [3.63, 3.8) is 0 Å². The summed E-state index contributed by atoms with van der Waals surface area (Å²) in [6, 6.07) is 1.51. The van der Waals surface area contributed by atoms with Crippen molar-refractivity contribution in [1.82, 2.24) is 9.97 Å². The number of fused-ring (bicyclic) bond motifs is 1. The van der Waals surface area contributed by atoms with Crippen molar-refractivity contribution >= 4 is 36.2 Å². The van der Waals surface area contributed by atoms with Gasteiger partial charge in [-0.2, -0.15) is 4.98 Å². The Morgan fingerprint density at radius 3 is 3.07 bits per heavy atom. The van der Waals surface area contributed by atoms with E-state index >= 15 is 0 Å². The highest BCUT2D eigenvalue weighted by Crippen LogP contribution is 2.12. The fourth-order valence-corrected chi connectivity index (χ4v) is 1.34. The van der Waals surface area contributed by atoms with Crippen LogP contribution in [-0.2, 0) is 0 Å². The zero-order valence-electron chi connectivity index (χ0n) is 7.35. The van der Waals surface area contributed by atoms with E-state index < -0.39 is 5.63 Å². The van der Waals surface area contributed by atoms with Gasteiger partial charge in [0.2, 0.25) is 5.71 Å². The third-order valence-corrected chi connectivity index (χ3v) is 2.24. The van der Waals surface area contributed by atoms with Gasteiger partial charge in [0.1, 0.15) is 7.85 Å². The quantitative estimate of drug-likeness (QED) is 0.374. The SMILES string of the molecule is [B]c1cc2cnc(SC)nc2oc1=O. The number of hydrogen-bond donors (Lipinski definition) is 0. The molecular formula is C8H5BN2O2S. The summed E-state index contributed by atoms with van der Waals surface area (Å²) >= 11 is 1.38. The van der Waals surface area contributed by atoms with Crippen LogP contribution in [0.4, 0.5) is 0 Å². The number of hydrogen-bond acceptors (Lipinski definition) is 5. The Hall–Kier alpha value is -1.30. The average Bonchev–Trinajstić information content (AvgIpc) is 2.19. The van der Waals surface area contributed by atoms with Crippen molar-refractivity contribution in [2.75, 3.05) is 6.26 Å². The molecule has 0 aliphatic carbocycles. The molecule has 0 unspecified atom stereocenters. The summed E-state index contributed by atoms with van der Waals surface area (Å²) in [5.74, 6) is 0. The monoisotopic (exact) mass is 204 g/mol. The zero-order valence-corrected chi connectivity index (χ0v) is 8.17. The summed E-state index contributed by atoms with van der Waals surface area (Å²) < 4.78 is 4.89. The highest BCUT2D eigenvalue weighted by atomic mass is 32.2. The number of rotatable bonds is 1. The molecule has 2 rings (SSSR count). The molecule has 14 heavy (non-hydrogen) atoms. The second-order valence-corrected chi connectivity index (χ2v) is 3.38. The maximum Gasteiger partial charge on any atom is 0.330 e. The third kappa shape index (κ3) is 1.53. The Morgan fingerprint density at radius 1 is 1.57 bits per heavy atom. The van der Waals surface area contributed by atoms with Crippen molar-refractivity contribution in [2.24, 2.45) is 0 Å². The Balaban J connectivity index is 2.77. The van der Waals surface area contributed by atoms with Gasteiger partial charge in [0, 0.05) is 6.20 Å². The fourth-order valence-electron chi connectivity index (χ4n) is 1.01. The van der Waals surface area contributed by atoms with E-state index in [0.29, 0.717) is 10.5 Å². The first-order valence-electron chi connectivity index (χ1n) is 3.81. The second-order valence-electron chi connectivity index (χ2n) is 2.61. The molecule has 0 aliphatic heterocycles. The van der Waals surface area contributed by atoms with Crippen LogP contribution in [0.1, 0.15) is 0 Å². The minimum Gasteiger partial charge on any atom is -0.404 e. The van der Waals surface area contributed by atoms with Crippen molar-refractivity contribution < 1.29 is 4.42 Å². The van der Waals surface area contributed by atoms with Crippen LogP contribution in [0.5, 0.6) is 0 Å². The lowest BCUT2D eigenvalue weighted by Gasteiger charge is -1.98. The largest absolute Gasteiger partial charge is 0.404 e. The fraction of sp³-hybridized carbons (Fsp3) is 0.125. The van der Waals surface area contributed by atoms with Crippen LogP contribution in [0.25, 0.3) is 11.1 Å². The first-order chi connectivity index (χ1) is 6.70. The summed E-state index contributed by atoms with van der Waals surface area (Å²) in [5.41, 5.74) is -0.232. The molecule has 4 nitrogen and oxygen atoms in total. The van der Waals surface area contributed by atoms with Crippen LogP contribution in [0.15, 0.2) is 26.6 Å². The summed E-state index contributed by atoms with van der Waals surface area (Å²) in [5, 5.41) is 1.19. The maximum absolute atomic E-state index is 11.1. The van der Waals surface area contributed by atoms with E-state index in [1.54, 1.807) is 6.20 Å². The van der Waals surface area contributed by atoms with Crippen LogP contribution in [0.3, 0.4) is 0 Å². The number of nitrogens with zero attached hydrogens (tertiary/aromatic N) is 2. The van der Waals surface area contributed by atoms with Gasteiger partial charge in [-0.05, 0) is 17.8 Å². The Kier molecular flexibility index (Phi) is 2.29. The Labute approximate surface area is 85.2 Å². The topological polar surface area (TPSA) is 56.0 Å². The van der Waals surface area contributed by atoms with Crippen molar-refractivity contribution in [2.45, 2.75) is 5.16 Å². The molecule has 0 saturated heterocycles. The highest BCUT2D eigenvalue weighted by Gasteiger charge is 2.03. The first-order valence-corrected chi connectivity index (χ1v) is 5.03. The number of aromatic nitrogens is 2. The van der Waals surface area contributed by atoms with E-state index in [2.05, 4.69) is 9.97 Å². The van der Waals surface area contributed by atoms with Crippen molar-refractivity contribution in [1.29, 1.82) is 0 Å². The predicted octanol–water partition coefficient (Wildman–Crippen LogP) is 0.0987.